The Morgan fingerprint density at radius 2 is 1.31 bits per heavy atom. The Hall–Kier alpha value is -3.60. The van der Waals surface area contributed by atoms with Gasteiger partial charge < -0.3 is 45.6 Å². The molecule has 0 radical (unpaired) electrons. The van der Waals surface area contributed by atoms with E-state index in [9.17, 15) is 19.5 Å². The Labute approximate surface area is 391 Å². The van der Waals surface area contributed by atoms with Gasteiger partial charge in [0.2, 0.25) is 5.91 Å². The Morgan fingerprint density at radius 3 is 1.79 bits per heavy atom. The Morgan fingerprint density at radius 1 is 0.790 bits per heavy atom. The maximum absolute atomic E-state index is 13.7. The van der Waals surface area contributed by atoms with Crippen LogP contribution in [0.25, 0.3) is 0 Å². The summed E-state index contributed by atoms with van der Waals surface area (Å²) in [5.74, 6) is 0.606. The number of carbonyl (C=O) groups is 3. The van der Waals surface area contributed by atoms with E-state index in [1.54, 1.807) is 30.7 Å². The number of unbranched alkanes of at least 4 members (excludes halogenated alkanes) is 1. The maximum Gasteiger partial charge on any atom is 2.00 e. The van der Waals surface area contributed by atoms with Crippen LogP contribution in [0.5, 0.6) is 0 Å². The van der Waals surface area contributed by atoms with Crippen molar-refractivity contribution in [2.24, 2.45) is 0 Å². The Bertz CT molecular complexity index is 1930. The summed E-state index contributed by atoms with van der Waals surface area (Å²) in [5.41, 5.74) is 3.74. The van der Waals surface area contributed by atoms with Gasteiger partial charge in [0.1, 0.15) is 0 Å². The first-order chi connectivity index (χ1) is 28.9. The Kier molecular flexibility index (Phi) is 23.4. The van der Waals surface area contributed by atoms with Gasteiger partial charge in [0.05, 0.1) is 48.2 Å². The number of carbonyl (C=O) groups excluding carboxylic acids is 3. The third kappa shape index (κ3) is 19.8. The standard InChI is InChI=1S/C40H49N10O4S.H3O4P.2Zn/c51-34(26-49(22-30-9-3-6-16-41-30)23-31-10-4-7-17-42-31)27-50(24-32-11-5-8-18-43-32)25-33-15-14-29(21-46-33)39(53)45-20-19-44-37(52)13-2-1-12-36-38-35(28-55-36)47-40(54)48-38;1-5(2,3)4;;/h3-11,14-18,21,34-36,38H,1-2,12-13,19-20,22-28H2,(H,44,52)(H,45,53)(H2,47,48,54);(H3,1,2,3,4);;/q-1;;2*+2/p-2/t34?,35-,36?,38-;;;/m0.../s1. The molecule has 0 aliphatic carbocycles. The number of thioether (sulfide) groups is 1. The molecule has 322 valence electrons. The quantitative estimate of drug-likeness (QED) is 0.0320. The predicted molar refractivity (Wildman–Crippen MR) is 218 cm³/mol. The van der Waals surface area contributed by atoms with Gasteiger partial charge in [0.25, 0.3) is 5.91 Å². The topological polar surface area (TPSA) is 264 Å². The van der Waals surface area contributed by atoms with Crippen molar-refractivity contribution in [1.29, 1.82) is 0 Å². The molecule has 4 aromatic rings. The van der Waals surface area contributed by atoms with Crippen LogP contribution in [0, 0.1) is 0 Å². The number of aromatic nitrogens is 4. The van der Waals surface area contributed by atoms with Gasteiger partial charge in [-0.3, -0.25) is 39.3 Å². The fraction of sp³-hybridized carbons (Fsp3) is 0.425. The Balaban J connectivity index is 0.00000138. The van der Waals surface area contributed by atoms with Gasteiger partial charge in [0.15, 0.2) is 0 Å². The fourth-order valence-electron chi connectivity index (χ4n) is 6.89. The number of hydrogen-bond acceptors (Lipinski definition) is 14. The molecule has 2 aliphatic heterocycles. The summed E-state index contributed by atoms with van der Waals surface area (Å²) < 4.78 is 8.66. The van der Waals surface area contributed by atoms with Gasteiger partial charge in [-0.25, -0.2) is 4.79 Å². The zero-order valence-electron chi connectivity index (χ0n) is 34.4. The van der Waals surface area contributed by atoms with Crippen LogP contribution in [-0.2, 0) is 74.5 Å². The van der Waals surface area contributed by atoms with Crippen molar-refractivity contribution in [3.05, 3.63) is 120 Å². The van der Waals surface area contributed by atoms with Crippen LogP contribution in [0.3, 0.4) is 0 Å². The number of rotatable bonds is 21. The van der Waals surface area contributed by atoms with E-state index in [1.807, 2.05) is 71.3 Å². The van der Waals surface area contributed by atoms with Crippen molar-refractivity contribution in [2.75, 3.05) is 31.9 Å². The molecule has 6 heterocycles. The first kappa shape index (κ1) is 52.7. The van der Waals surface area contributed by atoms with Gasteiger partial charge in [-0.1, -0.05) is 24.6 Å². The molecule has 0 aromatic carbocycles. The SMILES string of the molecule is O=C(CCCCC1SC[C@@H]2NC(=O)N[C@H]12)NCCNC(=O)c1ccc(CN(Cc2ccccn2)CC([O-])CN(Cc2ccccn2)Cc2ccccn2)nc1.O=P([O-])([O-])O.[Zn+2].[Zn+2]. The van der Waals surface area contributed by atoms with E-state index in [4.69, 9.17) is 19.2 Å². The number of amides is 4. The molecule has 22 heteroatoms. The third-order valence-corrected chi connectivity index (χ3v) is 11.1. The second-order valence-corrected chi connectivity index (χ2v) is 16.6. The summed E-state index contributed by atoms with van der Waals surface area (Å²) >= 11 is 1.88. The van der Waals surface area contributed by atoms with E-state index in [-0.39, 0.29) is 75.4 Å². The average molecular weight is 993 g/mol. The molecule has 0 saturated carbocycles. The molecule has 4 atom stereocenters. The summed E-state index contributed by atoms with van der Waals surface area (Å²) in [7, 11) is -5.14. The van der Waals surface area contributed by atoms with E-state index >= 15 is 0 Å². The van der Waals surface area contributed by atoms with E-state index in [1.165, 1.54) is 6.20 Å². The minimum absolute atomic E-state index is 0. The van der Waals surface area contributed by atoms with E-state index in [2.05, 4.69) is 46.1 Å². The van der Waals surface area contributed by atoms with Crippen LogP contribution < -0.4 is 36.2 Å². The number of phosphoric acid groups is 1. The molecule has 2 fully saturated rings. The van der Waals surface area contributed by atoms with E-state index < -0.39 is 13.9 Å². The van der Waals surface area contributed by atoms with E-state index in [0.717, 1.165) is 47.8 Å². The van der Waals surface area contributed by atoms with Crippen LogP contribution in [0.1, 0.15) is 58.8 Å². The van der Waals surface area contributed by atoms with Crippen LogP contribution in [0.15, 0.2) is 91.5 Å². The minimum Gasteiger partial charge on any atom is -0.850 e. The van der Waals surface area contributed by atoms with Crippen LogP contribution >= 0.6 is 19.6 Å². The summed E-state index contributed by atoms with van der Waals surface area (Å²) in [6, 6.07) is 21.1. The van der Waals surface area contributed by atoms with E-state index in [0.29, 0.717) is 63.0 Å². The molecule has 2 unspecified atom stereocenters. The molecule has 18 nitrogen and oxygen atoms in total. The molecule has 0 bridgehead atoms. The number of fused-ring (bicyclic) bond motifs is 1. The molecule has 4 amide bonds. The number of nitrogens with zero attached hydrogens (tertiary/aromatic N) is 6. The van der Waals surface area contributed by atoms with Crippen LogP contribution in [-0.4, -0.2) is 108 Å². The maximum atomic E-state index is 13.7. The predicted octanol–water partition coefficient (Wildman–Crippen LogP) is 0.0743. The number of pyridine rings is 4. The van der Waals surface area contributed by atoms with Gasteiger partial charge >= 0.3 is 45.0 Å². The average Bonchev–Trinajstić information content (AvgIpc) is 3.77. The number of hydrogen-bond donors (Lipinski definition) is 5. The number of urea groups is 1. The molecular weight excluding hydrogens is 942 g/mol. The molecule has 5 N–H and O–H groups in total. The molecule has 62 heavy (non-hydrogen) atoms. The first-order valence-corrected chi connectivity index (χ1v) is 22.2. The van der Waals surface area contributed by atoms with Gasteiger partial charge in [-0.2, -0.15) is 11.8 Å². The summed E-state index contributed by atoms with van der Waals surface area (Å²) in [5, 5.41) is 25.8. The zero-order valence-corrected chi connectivity index (χ0v) is 42.1. The van der Waals surface area contributed by atoms with Gasteiger partial charge in [-0.05, 0) is 74.5 Å². The van der Waals surface area contributed by atoms with Crippen LogP contribution in [0.2, 0.25) is 0 Å². The van der Waals surface area contributed by atoms with Crippen molar-refractivity contribution >= 4 is 37.4 Å². The van der Waals surface area contributed by atoms with Gasteiger partial charge in [0, 0.05) is 81.5 Å². The monoisotopic (exact) mass is 989 g/mol. The summed E-state index contributed by atoms with van der Waals surface area (Å²) in [6.07, 6.45) is 8.93. The van der Waals surface area contributed by atoms with Crippen molar-refractivity contribution < 1.29 is 77.7 Å². The summed E-state index contributed by atoms with van der Waals surface area (Å²) in [6.45, 7) is 3.08. The van der Waals surface area contributed by atoms with Crippen molar-refractivity contribution in [3.8, 4) is 0 Å². The zero-order chi connectivity index (χ0) is 42.7. The third-order valence-electron chi connectivity index (χ3n) is 9.54. The van der Waals surface area contributed by atoms with Gasteiger partial charge in [-0.15, -0.1) is 6.10 Å². The molecular formula is C40H50N10O8PSZn2+. The molecule has 4 aromatic heterocycles. The smallest absolute Gasteiger partial charge is 0.850 e. The minimum atomic E-state index is -5.14. The van der Waals surface area contributed by atoms with Crippen molar-refractivity contribution in [1.82, 2.24) is 51.0 Å². The normalized spacial score (nSPS) is 17.0. The second kappa shape index (κ2) is 27.6. The molecule has 6 rings (SSSR count). The molecule has 0 spiro atoms. The van der Waals surface area contributed by atoms with Crippen LogP contribution in [0.4, 0.5) is 4.79 Å². The van der Waals surface area contributed by atoms with Crippen molar-refractivity contribution in [2.45, 2.75) is 75.3 Å². The fourth-order valence-corrected chi connectivity index (χ4v) is 8.43. The molecule has 2 saturated heterocycles. The number of nitrogens with one attached hydrogen (secondary N) is 4. The second-order valence-electron chi connectivity index (χ2n) is 14.4. The summed E-state index contributed by atoms with van der Waals surface area (Å²) in [4.78, 5) is 83.2. The molecule has 2 aliphatic rings. The van der Waals surface area contributed by atoms with Crippen molar-refractivity contribution in [3.63, 3.8) is 0 Å². The first-order valence-electron chi connectivity index (χ1n) is 19.6. The largest absolute Gasteiger partial charge is 2.00 e.